The van der Waals surface area contributed by atoms with Crippen LogP contribution in [-0.4, -0.2) is 27.1 Å². The summed E-state index contributed by atoms with van der Waals surface area (Å²) in [5, 5.41) is 0. The van der Waals surface area contributed by atoms with E-state index in [9.17, 15) is 0 Å². The van der Waals surface area contributed by atoms with Crippen LogP contribution in [0.5, 0.6) is 0 Å². The minimum absolute atomic E-state index is 0. The summed E-state index contributed by atoms with van der Waals surface area (Å²) >= 11 is 0. The molecule has 12 nitrogen and oxygen atoms in total. The largest absolute Gasteiger partial charge is 3.00 e. The molecular formula is Dy4O12Si3. The summed E-state index contributed by atoms with van der Waals surface area (Å²) in [6.07, 6.45) is 0. The minimum atomic E-state index is -5.61. The second-order valence-electron chi connectivity index (χ2n) is 1.50. The first kappa shape index (κ1) is 44.1. The van der Waals surface area contributed by atoms with Gasteiger partial charge in [-0.2, -0.15) is 0 Å². The van der Waals surface area contributed by atoms with Crippen LogP contribution in [0.4, 0.5) is 0 Å². The second-order valence-corrected chi connectivity index (χ2v) is 4.50. The molecule has 0 N–H and O–H groups in total. The van der Waals surface area contributed by atoms with Gasteiger partial charge in [0.25, 0.3) is 0 Å². The van der Waals surface area contributed by atoms with Crippen LogP contribution in [0.3, 0.4) is 0 Å². The van der Waals surface area contributed by atoms with Crippen molar-refractivity contribution in [3.63, 3.8) is 0 Å². The Kier molecular flexibility index (Phi) is 49.4. The van der Waals surface area contributed by atoms with Crippen LogP contribution in [0.2, 0.25) is 0 Å². The zero-order valence-electron chi connectivity index (χ0n) is 7.66. The fraction of sp³-hybridized carbons (Fsp3) is 0. The van der Waals surface area contributed by atoms with Crippen molar-refractivity contribution in [2.24, 2.45) is 0 Å². The maximum atomic E-state index is 8.58. The Morgan fingerprint density at radius 3 is 0.263 bits per heavy atom. The van der Waals surface area contributed by atoms with E-state index in [1.807, 2.05) is 0 Å². The van der Waals surface area contributed by atoms with Crippen LogP contribution in [0.15, 0.2) is 0 Å². The normalized spacial score (nSPS) is 9.47. The van der Waals surface area contributed by atoms with Crippen LogP contribution in [0.1, 0.15) is 0 Å². The van der Waals surface area contributed by atoms with Gasteiger partial charge in [-0.25, -0.2) is 0 Å². The molecule has 0 saturated carbocycles. The molecule has 0 bridgehead atoms. The molecular weight excluding hydrogens is 926 g/mol. The maximum absolute atomic E-state index is 8.58. The van der Waals surface area contributed by atoms with E-state index in [1.165, 1.54) is 0 Å². The first-order chi connectivity index (χ1) is 6.00. The first-order valence-electron chi connectivity index (χ1n) is 2.45. The topological polar surface area (TPSA) is 277 Å². The van der Waals surface area contributed by atoms with Crippen molar-refractivity contribution in [2.45, 2.75) is 0 Å². The molecule has 0 spiro atoms. The monoisotopic (exact) mass is 932 g/mol. The Bertz CT molecular complexity index is 100.0. The maximum Gasteiger partial charge on any atom is 3.00 e. The minimum Gasteiger partial charge on any atom is -0.894 e. The van der Waals surface area contributed by atoms with Gasteiger partial charge in [-0.15, -0.1) is 0 Å². The summed E-state index contributed by atoms with van der Waals surface area (Å²) in [6.45, 7) is 0. The van der Waals surface area contributed by atoms with Gasteiger partial charge in [0.15, 0.2) is 0 Å². The molecule has 0 atom stereocenters. The van der Waals surface area contributed by atoms with Gasteiger partial charge in [-0.1, -0.05) is 0 Å². The van der Waals surface area contributed by atoms with Gasteiger partial charge >= 0.3 is 153 Å². The Labute approximate surface area is 232 Å². The molecule has 19 heteroatoms. The summed E-state index contributed by atoms with van der Waals surface area (Å²) in [5.74, 6) is 0. The summed E-state index contributed by atoms with van der Waals surface area (Å²) in [7, 11) is -16.8. The van der Waals surface area contributed by atoms with Crippen molar-refractivity contribution in [1.29, 1.82) is 0 Å². The van der Waals surface area contributed by atoms with E-state index in [2.05, 4.69) is 0 Å². The van der Waals surface area contributed by atoms with E-state index in [4.69, 9.17) is 57.5 Å². The van der Waals surface area contributed by atoms with Gasteiger partial charge in [-0.3, -0.25) is 0 Å². The molecule has 0 amide bonds. The Balaban J connectivity index is -0.0000000206. The van der Waals surface area contributed by atoms with Crippen molar-refractivity contribution < 1.29 is 210 Å². The smallest absolute Gasteiger partial charge is 0.894 e. The van der Waals surface area contributed by atoms with E-state index in [0.717, 1.165) is 0 Å². The molecule has 0 aliphatic rings. The molecule has 4 radical (unpaired) electrons. The number of hydrogen-bond acceptors (Lipinski definition) is 12. The van der Waals surface area contributed by atoms with E-state index < -0.39 is 27.1 Å². The van der Waals surface area contributed by atoms with Crippen LogP contribution in [0, 0.1) is 153 Å². The molecule has 0 aromatic carbocycles. The SMILES string of the molecule is [Dy+3].[Dy+3].[Dy+3].[Dy+3].[O-][Si]([O-])([O-])[O-].[O-][Si]([O-])([O-])[O-].[O-][Si]([O-])([O-])[O-]. The van der Waals surface area contributed by atoms with Crippen LogP contribution in [-0.2, 0) is 0 Å². The molecule has 0 rings (SSSR count). The third kappa shape index (κ3) is 380. The van der Waals surface area contributed by atoms with Crippen molar-refractivity contribution in [3.8, 4) is 0 Å². The first-order valence-corrected chi connectivity index (χ1v) is 7.35. The van der Waals surface area contributed by atoms with Gasteiger partial charge < -0.3 is 84.7 Å². The third-order valence-corrected chi connectivity index (χ3v) is 0. The fourth-order valence-corrected chi connectivity index (χ4v) is 0. The average Bonchev–Trinajstić information content (AvgIpc) is 1.41. The Morgan fingerprint density at radius 1 is 0.263 bits per heavy atom. The van der Waals surface area contributed by atoms with Crippen LogP contribution in [0.25, 0.3) is 0 Å². The van der Waals surface area contributed by atoms with Crippen molar-refractivity contribution >= 4 is 27.1 Å². The van der Waals surface area contributed by atoms with Gasteiger partial charge in [0.05, 0.1) is 0 Å². The molecule has 0 aromatic rings. The predicted octanol–water partition coefficient (Wildman–Crippen LogP) is -15.4. The van der Waals surface area contributed by atoms with E-state index in [1.54, 1.807) is 0 Å². The summed E-state index contributed by atoms with van der Waals surface area (Å²) < 4.78 is 0. The number of hydrogen-bond donors (Lipinski definition) is 0. The molecule has 0 unspecified atom stereocenters. The molecule has 0 aliphatic heterocycles. The molecule has 0 heterocycles. The zero-order chi connectivity index (χ0) is 13.5. The summed E-state index contributed by atoms with van der Waals surface area (Å²) in [6, 6.07) is 0. The van der Waals surface area contributed by atoms with Gasteiger partial charge in [0.2, 0.25) is 0 Å². The predicted molar refractivity (Wildman–Crippen MR) is 17.3 cm³/mol. The van der Waals surface area contributed by atoms with Gasteiger partial charge in [-0.05, 0) is 0 Å². The van der Waals surface area contributed by atoms with Crippen molar-refractivity contribution in [1.82, 2.24) is 0 Å². The third-order valence-electron chi connectivity index (χ3n) is 0. The zero-order valence-corrected chi connectivity index (χ0v) is 18.8. The molecule has 0 aliphatic carbocycles. The average molecular weight is 926 g/mol. The summed E-state index contributed by atoms with van der Waals surface area (Å²) in [5.41, 5.74) is 0. The van der Waals surface area contributed by atoms with E-state index in [0.29, 0.717) is 0 Å². The Morgan fingerprint density at radius 2 is 0.263 bits per heavy atom. The molecule has 0 saturated heterocycles. The quantitative estimate of drug-likeness (QED) is 0.205. The summed E-state index contributed by atoms with van der Waals surface area (Å²) in [4.78, 5) is 103. The van der Waals surface area contributed by atoms with Crippen molar-refractivity contribution in [2.75, 3.05) is 0 Å². The van der Waals surface area contributed by atoms with Crippen LogP contribution >= 0.6 is 0 Å². The van der Waals surface area contributed by atoms with E-state index in [-0.39, 0.29) is 153 Å². The van der Waals surface area contributed by atoms with Crippen molar-refractivity contribution in [3.05, 3.63) is 0 Å². The van der Waals surface area contributed by atoms with Gasteiger partial charge in [0, 0.05) is 0 Å². The van der Waals surface area contributed by atoms with Crippen LogP contribution < -0.4 is 57.5 Å². The Hall–Kier alpha value is 5.26. The molecule has 0 aromatic heterocycles. The molecule has 0 fully saturated rings. The standard InChI is InChI=1S/4Dy.3O4Si/c;;;;3*1-5(2,3)4/q4*+3;3*-4. The fourth-order valence-electron chi connectivity index (χ4n) is 0. The molecule has 19 heavy (non-hydrogen) atoms. The van der Waals surface area contributed by atoms with Gasteiger partial charge in [0.1, 0.15) is 0 Å². The number of rotatable bonds is 0. The van der Waals surface area contributed by atoms with E-state index >= 15 is 0 Å². The second kappa shape index (κ2) is 21.3. The molecule has 124 valence electrons.